The lowest BCUT2D eigenvalue weighted by molar-refractivity contribution is -0.119. The van der Waals surface area contributed by atoms with Crippen LogP contribution in [0.1, 0.15) is 18.9 Å². The molecule has 0 bridgehead atoms. The standard InChI is InChI=1S/C22H22N2O2/c25-17-23-13-4-5-20(16-23)24-14-12-19(15-24)18-8-10-22(11-9-18)26-21-6-2-1-3-7-21/h1-3,6-12,14-15,17,20H,4-5,13,16H2. The molecule has 2 heterocycles. The first-order valence-corrected chi connectivity index (χ1v) is 9.02. The minimum Gasteiger partial charge on any atom is -0.457 e. The van der Waals surface area contributed by atoms with E-state index in [0.717, 1.165) is 49.4 Å². The lowest BCUT2D eigenvalue weighted by atomic mass is 10.1. The number of nitrogens with zero attached hydrogens (tertiary/aromatic N) is 2. The van der Waals surface area contributed by atoms with Crippen LogP contribution in [0.25, 0.3) is 11.1 Å². The maximum Gasteiger partial charge on any atom is 0.209 e. The number of ether oxygens (including phenoxy) is 1. The van der Waals surface area contributed by atoms with Crippen LogP contribution in [-0.2, 0) is 4.79 Å². The summed E-state index contributed by atoms with van der Waals surface area (Å²) in [7, 11) is 0. The van der Waals surface area contributed by atoms with Crippen LogP contribution in [0.5, 0.6) is 11.5 Å². The number of carbonyl (C=O) groups excluding carboxylic acids is 1. The van der Waals surface area contributed by atoms with Crippen molar-refractivity contribution in [3.63, 3.8) is 0 Å². The van der Waals surface area contributed by atoms with Gasteiger partial charge in [-0.3, -0.25) is 4.79 Å². The summed E-state index contributed by atoms with van der Waals surface area (Å²) in [5.74, 6) is 1.66. The van der Waals surface area contributed by atoms with E-state index < -0.39 is 0 Å². The third kappa shape index (κ3) is 3.64. The van der Waals surface area contributed by atoms with Crippen molar-refractivity contribution < 1.29 is 9.53 Å². The molecule has 132 valence electrons. The Hall–Kier alpha value is -3.01. The smallest absolute Gasteiger partial charge is 0.209 e. The number of rotatable bonds is 5. The third-order valence-corrected chi connectivity index (χ3v) is 4.88. The first kappa shape index (κ1) is 16.5. The Morgan fingerprint density at radius 2 is 1.69 bits per heavy atom. The van der Waals surface area contributed by atoms with Crippen LogP contribution < -0.4 is 4.74 Å². The fraction of sp³-hybridized carbons (Fsp3) is 0.227. The summed E-state index contributed by atoms with van der Waals surface area (Å²) < 4.78 is 8.09. The van der Waals surface area contributed by atoms with Crippen LogP contribution in [0.15, 0.2) is 73.1 Å². The average molecular weight is 346 g/mol. The minimum absolute atomic E-state index is 0.364. The SMILES string of the molecule is O=CN1CCCC(n2ccc(-c3ccc(Oc4ccccc4)cc3)c2)C1. The van der Waals surface area contributed by atoms with E-state index in [2.05, 4.69) is 35.2 Å². The number of benzene rings is 2. The first-order valence-electron chi connectivity index (χ1n) is 9.02. The molecule has 1 unspecified atom stereocenters. The minimum atomic E-state index is 0.364. The van der Waals surface area contributed by atoms with Gasteiger partial charge in [0.25, 0.3) is 0 Å². The quantitative estimate of drug-likeness (QED) is 0.625. The van der Waals surface area contributed by atoms with Gasteiger partial charge in [0, 0.05) is 25.5 Å². The zero-order chi connectivity index (χ0) is 17.8. The maximum atomic E-state index is 11.0. The van der Waals surface area contributed by atoms with Gasteiger partial charge in [-0.05, 0) is 54.3 Å². The number of aromatic nitrogens is 1. The number of para-hydroxylation sites is 1. The molecule has 1 atom stereocenters. The summed E-state index contributed by atoms with van der Waals surface area (Å²) in [6.07, 6.45) is 7.42. The van der Waals surface area contributed by atoms with Crippen LogP contribution in [0.4, 0.5) is 0 Å². The average Bonchev–Trinajstić information content (AvgIpc) is 3.20. The van der Waals surface area contributed by atoms with E-state index in [1.165, 1.54) is 5.56 Å². The third-order valence-electron chi connectivity index (χ3n) is 4.88. The van der Waals surface area contributed by atoms with E-state index in [9.17, 15) is 4.79 Å². The number of carbonyl (C=O) groups is 1. The fourth-order valence-corrected chi connectivity index (χ4v) is 3.47. The summed E-state index contributed by atoms with van der Waals surface area (Å²) in [4.78, 5) is 12.9. The highest BCUT2D eigenvalue weighted by atomic mass is 16.5. The van der Waals surface area contributed by atoms with Crippen molar-refractivity contribution >= 4 is 6.41 Å². The van der Waals surface area contributed by atoms with Crippen LogP contribution in [0.2, 0.25) is 0 Å². The highest BCUT2D eigenvalue weighted by molar-refractivity contribution is 5.63. The van der Waals surface area contributed by atoms with Crippen molar-refractivity contribution in [2.24, 2.45) is 0 Å². The second-order valence-corrected chi connectivity index (χ2v) is 6.68. The topological polar surface area (TPSA) is 34.5 Å². The molecule has 1 aromatic heterocycles. The lowest BCUT2D eigenvalue weighted by Gasteiger charge is -2.30. The van der Waals surface area contributed by atoms with Gasteiger partial charge in [0.15, 0.2) is 0 Å². The fourth-order valence-electron chi connectivity index (χ4n) is 3.47. The number of piperidine rings is 1. The molecule has 1 saturated heterocycles. The largest absolute Gasteiger partial charge is 0.457 e. The molecule has 4 nitrogen and oxygen atoms in total. The molecule has 0 saturated carbocycles. The van der Waals surface area contributed by atoms with Crippen molar-refractivity contribution in [3.05, 3.63) is 73.1 Å². The second-order valence-electron chi connectivity index (χ2n) is 6.68. The van der Waals surface area contributed by atoms with Crippen molar-refractivity contribution in [2.45, 2.75) is 18.9 Å². The van der Waals surface area contributed by atoms with Gasteiger partial charge < -0.3 is 14.2 Å². The normalized spacial score (nSPS) is 17.1. The Labute approximate surface area is 153 Å². The molecule has 1 amide bonds. The number of hydrogen-bond donors (Lipinski definition) is 0. The van der Waals surface area contributed by atoms with Gasteiger partial charge in [0.2, 0.25) is 6.41 Å². The zero-order valence-electron chi connectivity index (χ0n) is 14.6. The van der Waals surface area contributed by atoms with E-state index in [1.54, 1.807) is 0 Å². The van der Waals surface area contributed by atoms with Gasteiger partial charge in [-0.25, -0.2) is 0 Å². The lowest BCUT2D eigenvalue weighted by Crippen LogP contribution is -2.35. The zero-order valence-corrected chi connectivity index (χ0v) is 14.6. The van der Waals surface area contributed by atoms with Crippen LogP contribution in [0.3, 0.4) is 0 Å². The molecule has 1 fully saturated rings. The van der Waals surface area contributed by atoms with Crippen molar-refractivity contribution in [3.8, 4) is 22.6 Å². The van der Waals surface area contributed by atoms with Gasteiger partial charge in [-0.1, -0.05) is 30.3 Å². The molecule has 4 heteroatoms. The molecular formula is C22H22N2O2. The van der Waals surface area contributed by atoms with Gasteiger partial charge in [0.1, 0.15) is 11.5 Å². The predicted octanol–water partition coefficient (Wildman–Crippen LogP) is 4.74. The van der Waals surface area contributed by atoms with E-state index in [0.29, 0.717) is 6.04 Å². The van der Waals surface area contributed by atoms with Crippen molar-refractivity contribution in [1.29, 1.82) is 0 Å². The molecule has 0 aliphatic carbocycles. The molecule has 0 N–H and O–H groups in total. The van der Waals surface area contributed by atoms with Crippen LogP contribution in [-0.4, -0.2) is 29.0 Å². The molecule has 0 radical (unpaired) electrons. The Balaban J connectivity index is 1.46. The highest BCUT2D eigenvalue weighted by Crippen LogP contribution is 2.28. The Morgan fingerprint density at radius 1 is 0.923 bits per heavy atom. The number of hydrogen-bond acceptors (Lipinski definition) is 2. The maximum absolute atomic E-state index is 11.0. The van der Waals surface area contributed by atoms with Crippen molar-refractivity contribution in [1.82, 2.24) is 9.47 Å². The Bertz CT molecular complexity index is 855. The highest BCUT2D eigenvalue weighted by Gasteiger charge is 2.19. The number of amides is 1. The monoisotopic (exact) mass is 346 g/mol. The van der Waals surface area contributed by atoms with E-state index in [-0.39, 0.29) is 0 Å². The summed E-state index contributed by atoms with van der Waals surface area (Å²) in [6.45, 7) is 1.67. The molecule has 2 aromatic carbocycles. The van der Waals surface area contributed by atoms with Gasteiger partial charge in [-0.2, -0.15) is 0 Å². The van der Waals surface area contributed by atoms with E-state index in [4.69, 9.17) is 4.74 Å². The number of likely N-dealkylation sites (tertiary alicyclic amines) is 1. The molecule has 26 heavy (non-hydrogen) atoms. The molecule has 1 aliphatic heterocycles. The van der Waals surface area contributed by atoms with Crippen molar-refractivity contribution in [2.75, 3.05) is 13.1 Å². The summed E-state index contributed by atoms with van der Waals surface area (Å²) in [6, 6.07) is 20.4. The summed E-state index contributed by atoms with van der Waals surface area (Å²) >= 11 is 0. The molecule has 4 rings (SSSR count). The summed E-state index contributed by atoms with van der Waals surface area (Å²) in [5, 5.41) is 0. The van der Waals surface area contributed by atoms with Gasteiger partial charge in [0.05, 0.1) is 6.04 Å². The molecule has 0 spiro atoms. The van der Waals surface area contributed by atoms with E-state index >= 15 is 0 Å². The van der Waals surface area contributed by atoms with Crippen LogP contribution >= 0.6 is 0 Å². The molecular weight excluding hydrogens is 324 g/mol. The molecule has 3 aromatic rings. The van der Waals surface area contributed by atoms with E-state index in [1.807, 2.05) is 47.4 Å². The van der Waals surface area contributed by atoms with Crippen LogP contribution in [0, 0.1) is 0 Å². The first-order chi connectivity index (χ1) is 12.8. The van der Waals surface area contributed by atoms with Gasteiger partial charge in [-0.15, -0.1) is 0 Å². The Kier molecular flexibility index (Phi) is 4.73. The summed E-state index contributed by atoms with van der Waals surface area (Å²) in [5.41, 5.74) is 2.34. The van der Waals surface area contributed by atoms with Gasteiger partial charge >= 0.3 is 0 Å². The molecule has 1 aliphatic rings. The second kappa shape index (κ2) is 7.48. The predicted molar refractivity (Wildman–Crippen MR) is 102 cm³/mol. The Morgan fingerprint density at radius 3 is 2.46 bits per heavy atom.